The number of imide groups is 1. The van der Waals surface area contributed by atoms with E-state index in [4.69, 9.17) is 9.47 Å². The number of carbonyl (C=O) groups is 3. The van der Waals surface area contributed by atoms with Crippen molar-refractivity contribution in [3.05, 3.63) is 88.4 Å². The van der Waals surface area contributed by atoms with Crippen molar-refractivity contribution in [3.63, 3.8) is 0 Å². The zero-order valence-electron chi connectivity index (χ0n) is 20.4. The molecule has 2 aliphatic rings. The first-order chi connectivity index (χ1) is 17.9. The fourth-order valence-electron chi connectivity index (χ4n) is 4.93. The van der Waals surface area contributed by atoms with E-state index in [1.54, 1.807) is 42.5 Å². The van der Waals surface area contributed by atoms with Crippen molar-refractivity contribution in [3.8, 4) is 11.5 Å². The lowest BCUT2D eigenvalue weighted by molar-refractivity contribution is -0.123. The highest BCUT2D eigenvalue weighted by Crippen LogP contribution is 2.44. The summed E-state index contributed by atoms with van der Waals surface area (Å²) >= 11 is 3.40. The first kappa shape index (κ1) is 25.0. The van der Waals surface area contributed by atoms with E-state index in [1.807, 2.05) is 44.2 Å². The highest BCUT2D eigenvalue weighted by atomic mass is 79.9. The van der Waals surface area contributed by atoms with Crippen molar-refractivity contribution >= 4 is 39.3 Å². The molecule has 190 valence electrons. The molecule has 0 aliphatic carbocycles. The van der Waals surface area contributed by atoms with Crippen molar-refractivity contribution in [2.24, 2.45) is 5.92 Å². The summed E-state index contributed by atoms with van der Waals surface area (Å²) in [6, 6.07) is 19.4. The van der Waals surface area contributed by atoms with Crippen molar-refractivity contribution in [2.75, 3.05) is 18.1 Å². The summed E-state index contributed by atoms with van der Waals surface area (Å²) < 4.78 is 12.1. The van der Waals surface area contributed by atoms with Crippen LogP contribution < -0.4 is 19.8 Å². The van der Waals surface area contributed by atoms with Gasteiger partial charge in [-0.1, -0.05) is 40.2 Å². The fraction of sp³-hybridized carbons (Fsp3) is 0.250. The molecule has 0 bridgehead atoms. The first-order valence-electron chi connectivity index (χ1n) is 12.1. The van der Waals surface area contributed by atoms with Gasteiger partial charge < -0.3 is 9.47 Å². The highest BCUT2D eigenvalue weighted by Gasteiger charge is 2.60. The SMILES string of the molecule is CCOc1ccc(N2C(=O)[C@H]3[C@@H](C2=O)N(C(=O)c2cccc(Br)c2)N[C@H]3c2ccccc2OCC)cc1. The van der Waals surface area contributed by atoms with Crippen LogP contribution in [-0.4, -0.2) is 42.0 Å². The summed E-state index contributed by atoms with van der Waals surface area (Å²) in [5.74, 6) is -0.849. The summed E-state index contributed by atoms with van der Waals surface area (Å²) in [4.78, 5) is 42.5. The molecule has 0 spiro atoms. The summed E-state index contributed by atoms with van der Waals surface area (Å²) in [6.45, 7) is 4.70. The number of hydrogen-bond acceptors (Lipinski definition) is 6. The van der Waals surface area contributed by atoms with Crippen LogP contribution in [0, 0.1) is 5.92 Å². The number of rotatable bonds is 7. The molecule has 8 nitrogen and oxygen atoms in total. The third-order valence-electron chi connectivity index (χ3n) is 6.48. The lowest BCUT2D eigenvalue weighted by atomic mass is 9.90. The van der Waals surface area contributed by atoms with Gasteiger partial charge in [-0.3, -0.25) is 19.4 Å². The highest BCUT2D eigenvalue weighted by molar-refractivity contribution is 9.10. The second kappa shape index (κ2) is 10.4. The zero-order valence-corrected chi connectivity index (χ0v) is 22.0. The van der Waals surface area contributed by atoms with E-state index >= 15 is 0 Å². The molecule has 2 aliphatic heterocycles. The number of nitrogens with one attached hydrogen (secondary N) is 1. The lowest BCUT2D eigenvalue weighted by Crippen LogP contribution is -2.48. The molecule has 2 heterocycles. The van der Waals surface area contributed by atoms with Crippen LogP contribution in [0.3, 0.4) is 0 Å². The average molecular weight is 564 g/mol. The fourth-order valence-corrected chi connectivity index (χ4v) is 5.33. The summed E-state index contributed by atoms with van der Waals surface area (Å²) in [6.07, 6.45) is 0. The van der Waals surface area contributed by atoms with Crippen LogP contribution >= 0.6 is 15.9 Å². The molecule has 5 rings (SSSR count). The van der Waals surface area contributed by atoms with Crippen LogP contribution in [-0.2, 0) is 9.59 Å². The van der Waals surface area contributed by atoms with Crippen molar-refractivity contribution < 1.29 is 23.9 Å². The van der Waals surface area contributed by atoms with Gasteiger partial charge in [0.2, 0.25) is 5.91 Å². The van der Waals surface area contributed by atoms with Gasteiger partial charge in [-0.15, -0.1) is 0 Å². The third-order valence-corrected chi connectivity index (χ3v) is 6.98. The molecule has 37 heavy (non-hydrogen) atoms. The Morgan fingerprint density at radius 2 is 1.65 bits per heavy atom. The number of fused-ring (bicyclic) bond motifs is 1. The number of hydrogen-bond donors (Lipinski definition) is 1. The second-order valence-electron chi connectivity index (χ2n) is 8.67. The van der Waals surface area contributed by atoms with E-state index in [9.17, 15) is 14.4 Å². The number of amides is 3. The van der Waals surface area contributed by atoms with E-state index in [0.29, 0.717) is 41.5 Å². The molecule has 3 aromatic carbocycles. The smallest absolute Gasteiger partial charge is 0.268 e. The third kappa shape index (κ3) is 4.49. The Hall–Kier alpha value is -3.69. The van der Waals surface area contributed by atoms with Crippen LogP contribution in [0.25, 0.3) is 0 Å². The Bertz CT molecular complexity index is 1350. The number of carbonyl (C=O) groups excluding carboxylic acids is 3. The molecule has 1 N–H and O–H groups in total. The van der Waals surface area contributed by atoms with Crippen molar-refractivity contribution in [2.45, 2.75) is 25.9 Å². The minimum absolute atomic E-state index is 0.382. The minimum atomic E-state index is -1.02. The normalized spacial score (nSPS) is 20.8. The van der Waals surface area contributed by atoms with Gasteiger partial charge >= 0.3 is 0 Å². The Morgan fingerprint density at radius 1 is 0.919 bits per heavy atom. The number of anilines is 1. The summed E-state index contributed by atoms with van der Waals surface area (Å²) in [5.41, 5.74) is 4.71. The van der Waals surface area contributed by atoms with E-state index in [2.05, 4.69) is 21.4 Å². The molecule has 9 heteroatoms. The first-order valence-corrected chi connectivity index (χ1v) is 12.9. The average Bonchev–Trinajstić information content (AvgIpc) is 3.41. The molecule has 0 radical (unpaired) electrons. The number of para-hydroxylation sites is 1. The van der Waals surface area contributed by atoms with Crippen LogP contribution in [0.1, 0.15) is 35.8 Å². The number of benzene rings is 3. The van der Waals surface area contributed by atoms with E-state index in [0.717, 1.165) is 4.47 Å². The number of ether oxygens (including phenoxy) is 2. The van der Waals surface area contributed by atoms with E-state index in [1.165, 1.54) is 9.91 Å². The van der Waals surface area contributed by atoms with Crippen LogP contribution in [0.5, 0.6) is 11.5 Å². The minimum Gasteiger partial charge on any atom is -0.494 e. The van der Waals surface area contributed by atoms with Crippen LogP contribution in [0.2, 0.25) is 0 Å². The van der Waals surface area contributed by atoms with Crippen molar-refractivity contribution in [1.29, 1.82) is 0 Å². The maximum absolute atomic E-state index is 13.9. The molecule has 0 saturated carbocycles. The molecular formula is C28H26BrN3O5. The molecule has 2 fully saturated rings. The van der Waals surface area contributed by atoms with Gasteiger partial charge in [0.25, 0.3) is 11.8 Å². The lowest BCUT2D eigenvalue weighted by Gasteiger charge is -2.26. The topological polar surface area (TPSA) is 88.2 Å². The van der Waals surface area contributed by atoms with Crippen LogP contribution in [0.4, 0.5) is 5.69 Å². The predicted molar refractivity (Wildman–Crippen MR) is 141 cm³/mol. The maximum Gasteiger partial charge on any atom is 0.268 e. The van der Waals surface area contributed by atoms with Gasteiger partial charge in [-0.05, 0) is 62.4 Å². The van der Waals surface area contributed by atoms with Crippen molar-refractivity contribution in [1.82, 2.24) is 10.4 Å². The standard InChI is InChI=1S/C28H26BrN3O5/c1-3-36-20-14-12-19(13-15-20)31-27(34)23-24(21-10-5-6-11-22(21)37-4-2)30-32(25(23)28(31)35)26(33)17-8-7-9-18(29)16-17/h5-16,23-25,30H,3-4H2,1-2H3/t23-,24+,25+/m1/s1. The van der Waals surface area contributed by atoms with E-state index < -0.39 is 29.8 Å². The van der Waals surface area contributed by atoms with Crippen LogP contribution in [0.15, 0.2) is 77.3 Å². The molecule has 0 unspecified atom stereocenters. The second-order valence-corrected chi connectivity index (χ2v) is 9.59. The van der Waals surface area contributed by atoms with Gasteiger partial charge in [-0.2, -0.15) is 0 Å². The molecule has 3 amide bonds. The zero-order chi connectivity index (χ0) is 26.1. The Kier molecular flexibility index (Phi) is 6.99. The molecule has 3 atom stereocenters. The monoisotopic (exact) mass is 563 g/mol. The molecular weight excluding hydrogens is 538 g/mol. The Labute approximate surface area is 223 Å². The Morgan fingerprint density at radius 3 is 2.35 bits per heavy atom. The van der Waals surface area contributed by atoms with E-state index in [-0.39, 0.29) is 5.91 Å². The molecule has 3 aromatic rings. The predicted octanol–water partition coefficient (Wildman–Crippen LogP) is 4.51. The Balaban J connectivity index is 1.57. The van der Waals surface area contributed by atoms with Gasteiger partial charge in [0.1, 0.15) is 17.5 Å². The number of nitrogens with zero attached hydrogens (tertiary/aromatic N) is 2. The summed E-state index contributed by atoms with van der Waals surface area (Å²) in [5, 5.41) is 1.30. The van der Waals surface area contributed by atoms with Gasteiger partial charge in [0.05, 0.1) is 30.9 Å². The summed E-state index contributed by atoms with van der Waals surface area (Å²) in [7, 11) is 0. The quantitative estimate of drug-likeness (QED) is 0.425. The largest absolute Gasteiger partial charge is 0.494 e. The molecule has 2 saturated heterocycles. The number of halogens is 1. The molecule has 0 aromatic heterocycles. The number of hydrazine groups is 1. The van der Waals surface area contributed by atoms with Gasteiger partial charge in [0.15, 0.2) is 0 Å². The maximum atomic E-state index is 13.9. The van der Waals surface area contributed by atoms with Gasteiger partial charge in [0, 0.05) is 15.6 Å². The van der Waals surface area contributed by atoms with Gasteiger partial charge in [-0.25, -0.2) is 10.3 Å².